The molecule has 2 fully saturated rings. The topological polar surface area (TPSA) is 233 Å². The third-order valence-electron chi connectivity index (χ3n) is 15.4. The molecule has 1 spiro atoms. The number of ether oxygens (including phenoxy) is 6. The Labute approximate surface area is 446 Å². The van der Waals surface area contributed by atoms with E-state index in [1.807, 2.05) is 38.2 Å². The standard InChI is InChI=1S/C58H65N7O12/c1-32(2)51(59)53(67)61-33(3)52(66)62-39-13-8-34(9-14-39)30-77-57(71)65-45-26-50(48(74-6)24-43(45)55(69)64-31-58(16-17-58)27-46(64)56(65)70)76-19-7-18-75-49-25-44-42(23-47(49)73-5)54(68)63-29-38(21-40(63)28-60-44)36-10-11-37-22-41(72-4)15-12-35(37)20-36/h8-15,20,22-26,29,32-33,40,46,51,56,60,70H,7,16-19,21,27-28,30-31,59H2,1-6H3,(H,61,67)(H,62,66)/t33-,40-,46-,51-,56?/m0/s1. The van der Waals surface area contributed by atoms with Crippen molar-refractivity contribution in [3.8, 4) is 28.7 Å². The van der Waals surface area contributed by atoms with Crippen molar-refractivity contribution >= 4 is 63.1 Å². The van der Waals surface area contributed by atoms with Crippen molar-refractivity contribution in [2.45, 2.75) is 89.9 Å². The lowest BCUT2D eigenvalue weighted by molar-refractivity contribution is -0.127. The van der Waals surface area contributed by atoms with Crippen molar-refractivity contribution in [1.82, 2.24) is 15.1 Å². The first-order valence-electron chi connectivity index (χ1n) is 26.0. The Morgan fingerprint density at radius 2 is 1.49 bits per heavy atom. The molecule has 77 heavy (non-hydrogen) atoms. The fourth-order valence-corrected chi connectivity index (χ4v) is 10.6. The van der Waals surface area contributed by atoms with Gasteiger partial charge in [-0.15, -0.1) is 0 Å². The largest absolute Gasteiger partial charge is 0.497 e. The fourth-order valence-electron chi connectivity index (χ4n) is 10.6. The lowest BCUT2D eigenvalue weighted by Crippen LogP contribution is -2.50. The fraction of sp³-hybridized carbons (Fsp3) is 0.397. The lowest BCUT2D eigenvalue weighted by atomic mass is 9.99. The van der Waals surface area contributed by atoms with E-state index in [4.69, 9.17) is 34.2 Å². The van der Waals surface area contributed by atoms with Crippen LogP contribution in [0.4, 0.5) is 21.9 Å². The minimum Gasteiger partial charge on any atom is -0.497 e. The molecule has 0 bridgehead atoms. The predicted octanol–water partition coefficient (Wildman–Crippen LogP) is 7.29. The number of benzene rings is 5. The zero-order valence-corrected chi connectivity index (χ0v) is 44.1. The highest BCUT2D eigenvalue weighted by molar-refractivity contribution is 6.06. The smallest absolute Gasteiger partial charge is 0.416 e. The number of carbonyl (C=O) groups is 5. The quantitative estimate of drug-likeness (QED) is 0.0576. The molecular formula is C58H65N7O12. The number of carbonyl (C=O) groups excluding carboxylic acids is 5. The van der Waals surface area contributed by atoms with Gasteiger partial charge in [0.2, 0.25) is 11.8 Å². The van der Waals surface area contributed by atoms with Crippen molar-refractivity contribution in [1.29, 1.82) is 0 Å². The molecule has 10 rings (SSSR count). The number of anilines is 3. The number of nitrogens with two attached hydrogens (primary N) is 1. The summed E-state index contributed by atoms with van der Waals surface area (Å²) in [4.78, 5) is 72.6. The number of amides is 5. The van der Waals surface area contributed by atoms with Crippen LogP contribution in [0.1, 0.15) is 84.7 Å². The molecular weight excluding hydrogens is 987 g/mol. The van der Waals surface area contributed by atoms with Gasteiger partial charge in [0.15, 0.2) is 29.2 Å². The van der Waals surface area contributed by atoms with Crippen LogP contribution in [0.15, 0.2) is 91.1 Å². The molecule has 1 unspecified atom stereocenters. The molecule has 6 N–H and O–H groups in total. The van der Waals surface area contributed by atoms with E-state index < -0.39 is 42.3 Å². The van der Waals surface area contributed by atoms with Gasteiger partial charge >= 0.3 is 6.09 Å². The number of methoxy groups -OCH3 is 3. The molecule has 1 saturated heterocycles. The summed E-state index contributed by atoms with van der Waals surface area (Å²) < 4.78 is 35.2. The van der Waals surface area contributed by atoms with E-state index in [-0.39, 0.29) is 71.8 Å². The summed E-state index contributed by atoms with van der Waals surface area (Å²) in [7, 11) is 4.64. The van der Waals surface area contributed by atoms with Crippen LogP contribution >= 0.6 is 0 Å². The van der Waals surface area contributed by atoms with Gasteiger partial charge in [-0.1, -0.05) is 44.2 Å². The third-order valence-corrected chi connectivity index (χ3v) is 15.4. The average molecular weight is 1050 g/mol. The molecule has 404 valence electrons. The monoisotopic (exact) mass is 1050 g/mol. The Balaban J connectivity index is 0.795. The number of hydrogen-bond donors (Lipinski definition) is 5. The van der Waals surface area contributed by atoms with Crippen LogP contribution < -0.4 is 50.3 Å². The normalized spacial score (nSPS) is 19.6. The molecule has 19 heteroatoms. The number of aliphatic hydroxyl groups is 1. The molecule has 4 heterocycles. The van der Waals surface area contributed by atoms with Crippen LogP contribution in [0, 0.1) is 11.3 Å². The summed E-state index contributed by atoms with van der Waals surface area (Å²) >= 11 is 0. The number of hydrogen-bond acceptors (Lipinski definition) is 14. The van der Waals surface area contributed by atoms with Crippen LogP contribution in [0.3, 0.4) is 0 Å². The van der Waals surface area contributed by atoms with E-state index in [1.54, 1.807) is 60.2 Å². The van der Waals surface area contributed by atoms with Gasteiger partial charge in [-0.3, -0.25) is 19.2 Å². The second kappa shape index (κ2) is 21.5. The Morgan fingerprint density at radius 1 is 0.805 bits per heavy atom. The first-order valence-corrected chi connectivity index (χ1v) is 26.0. The molecule has 0 radical (unpaired) electrons. The Kier molecular flexibility index (Phi) is 14.7. The molecule has 1 aliphatic carbocycles. The van der Waals surface area contributed by atoms with Gasteiger partial charge in [-0.25, -0.2) is 9.69 Å². The molecule has 19 nitrogen and oxygen atoms in total. The molecule has 5 aliphatic rings. The molecule has 5 aromatic rings. The highest BCUT2D eigenvalue weighted by Crippen LogP contribution is 2.57. The maximum Gasteiger partial charge on any atom is 0.416 e. The summed E-state index contributed by atoms with van der Waals surface area (Å²) in [6.07, 6.45) is 3.07. The first kappa shape index (κ1) is 52.4. The van der Waals surface area contributed by atoms with Crippen molar-refractivity contribution in [2.75, 3.05) is 63.2 Å². The number of rotatable bonds is 17. The summed E-state index contributed by atoms with van der Waals surface area (Å²) in [6, 6.07) is 23.1. The van der Waals surface area contributed by atoms with Crippen LogP contribution in [-0.4, -0.2) is 123 Å². The van der Waals surface area contributed by atoms with Crippen molar-refractivity contribution in [3.63, 3.8) is 0 Å². The number of aliphatic hydroxyl groups excluding tert-OH is 1. The van der Waals surface area contributed by atoms with Crippen molar-refractivity contribution in [3.05, 3.63) is 113 Å². The summed E-state index contributed by atoms with van der Waals surface area (Å²) in [5.41, 5.74) is 10.4. The zero-order valence-electron chi connectivity index (χ0n) is 44.1. The number of fused-ring (bicyclic) bond motifs is 5. The maximum atomic E-state index is 14.4. The van der Waals surface area contributed by atoms with E-state index >= 15 is 0 Å². The van der Waals surface area contributed by atoms with E-state index in [9.17, 15) is 29.1 Å². The van der Waals surface area contributed by atoms with Crippen molar-refractivity contribution < 1.29 is 57.5 Å². The van der Waals surface area contributed by atoms with Gasteiger partial charge in [-0.2, -0.15) is 0 Å². The molecule has 5 amide bonds. The van der Waals surface area contributed by atoms with E-state index in [0.29, 0.717) is 66.4 Å². The molecule has 0 aromatic heterocycles. The molecule has 4 aliphatic heterocycles. The van der Waals surface area contributed by atoms with Crippen LogP contribution in [0.5, 0.6) is 28.7 Å². The van der Waals surface area contributed by atoms with Gasteiger partial charge in [0.25, 0.3) is 11.8 Å². The highest BCUT2D eigenvalue weighted by Gasteiger charge is 2.58. The second-order valence-corrected chi connectivity index (χ2v) is 20.9. The van der Waals surface area contributed by atoms with Crippen molar-refractivity contribution in [2.24, 2.45) is 17.1 Å². The molecule has 1 saturated carbocycles. The van der Waals surface area contributed by atoms with Gasteiger partial charge in [0.1, 0.15) is 18.4 Å². The van der Waals surface area contributed by atoms with Crippen LogP contribution in [0.25, 0.3) is 16.3 Å². The summed E-state index contributed by atoms with van der Waals surface area (Å²) in [5, 5.41) is 23.1. The Morgan fingerprint density at radius 3 is 2.18 bits per heavy atom. The van der Waals surface area contributed by atoms with Gasteiger partial charge in [0.05, 0.1) is 75.2 Å². The molecule has 5 aromatic carbocycles. The molecule has 5 atom stereocenters. The lowest BCUT2D eigenvalue weighted by Gasteiger charge is -2.31. The predicted molar refractivity (Wildman–Crippen MR) is 288 cm³/mol. The van der Waals surface area contributed by atoms with Gasteiger partial charge in [-0.05, 0) is 114 Å². The van der Waals surface area contributed by atoms with E-state index in [1.165, 1.54) is 26.4 Å². The van der Waals surface area contributed by atoms with Crippen LogP contribution in [0.2, 0.25) is 0 Å². The first-order chi connectivity index (χ1) is 37.1. The minimum absolute atomic E-state index is 0.0963. The minimum atomic E-state index is -1.44. The number of nitrogens with zero attached hydrogens (tertiary/aromatic N) is 3. The second-order valence-electron chi connectivity index (χ2n) is 20.9. The average Bonchev–Trinajstić information content (AvgIpc) is 4.13. The highest BCUT2D eigenvalue weighted by atomic mass is 16.6. The summed E-state index contributed by atoms with van der Waals surface area (Å²) in [5.74, 6) is 0.667. The summed E-state index contributed by atoms with van der Waals surface area (Å²) in [6.45, 7) is 6.32. The van der Waals surface area contributed by atoms with E-state index in [0.717, 1.165) is 45.4 Å². The third kappa shape index (κ3) is 10.6. The van der Waals surface area contributed by atoms with Gasteiger partial charge in [0, 0.05) is 43.5 Å². The maximum absolute atomic E-state index is 14.4. The Hall–Kier alpha value is -8.03. The van der Waals surface area contributed by atoms with Gasteiger partial charge < -0.3 is 65.0 Å². The van der Waals surface area contributed by atoms with Crippen LogP contribution in [-0.2, 0) is 20.9 Å². The van der Waals surface area contributed by atoms with E-state index in [2.05, 4.69) is 34.1 Å². The Bertz CT molecular complexity index is 3160. The SMILES string of the molecule is COc1ccc2cc(C3=CN4C(=O)c5cc(OC)c(OCCCOc6cc7c(cc6OC)C(=O)N6CC8(CC8)C[C@H]6C(O)N7C(=O)OCc6ccc(NC(=O)[C@H](C)NC(=O)[C@@H](N)C(C)C)cc6)cc5NC[C@@H]4C3)ccc2c1. The number of nitrogens with one attached hydrogen (secondary N) is 3. The zero-order chi connectivity index (χ0) is 54.3.